The highest BCUT2D eigenvalue weighted by Gasteiger charge is 2.08. The molecule has 1 rings (SSSR count). The molecule has 0 bridgehead atoms. The molecule has 0 saturated carbocycles. The smallest absolute Gasteiger partial charge is 0.253 e. The normalized spacial score (nSPS) is 16.7. The lowest BCUT2D eigenvalue weighted by Gasteiger charge is -2.01. The van der Waals surface area contributed by atoms with Crippen molar-refractivity contribution in [2.75, 3.05) is 6.98 Å². The maximum absolute atomic E-state index is 11.6. The van der Waals surface area contributed by atoms with Gasteiger partial charge >= 0.3 is 0 Å². The number of rotatable bonds is 1. The van der Waals surface area contributed by atoms with Crippen LogP contribution in [0.5, 0.6) is 0 Å². The van der Waals surface area contributed by atoms with Crippen LogP contribution in [0.4, 0.5) is 0 Å². The van der Waals surface area contributed by atoms with Gasteiger partial charge in [0.05, 0.1) is 8.30 Å². The molecule has 0 aliphatic heterocycles. The molecule has 0 aromatic carbocycles. The van der Waals surface area contributed by atoms with Crippen LogP contribution in [0.1, 0.15) is 17.2 Å². The van der Waals surface area contributed by atoms with Gasteiger partial charge in [0.15, 0.2) is 0 Å². The second-order valence-electron chi connectivity index (χ2n) is 1.78. The van der Waals surface area contributed by atoms with Crippen molar-refractivity contribution in [1.82, 2.24) is 10.3 Å². The Morgan fingerprint density at radius 3 is 3.25 bits per heavy atom. The van der Waals surface area contributed by atoms with Crippen molar-refractivity contribution in [3.8, 4) is 0 Å². The summed E-state index contributed by atoms with van der Waals surface area (Å²) in [6, 6.07) is -0.128. The quantitative estimate of drug-likeness (QED) is 0.806. The van der Waals surface area contributed by atoms with Crippen molar-refractivity contribution < 1.29 is 11.6 Å². The van der Waals surface area contributed by atoms with Crippen LogP contribution in [0.25, 0.3) is 0 Å². The van der Waals surface area contributed by atoms with Crippen LogP contribution in [-0.4, -0.2) is 17.9 Å². The number of hydrogen-bond donors (Lipinski definition) is 1. The predicted molar refractivity (Wildman–Crippen MR) is 53.0 cm³/mol. The summed E-state index contributed by atoms with van der Waals surface area (Å²) in [6.07, 6.45) is -0.415. The second kappa shape index (κ2) is 4.00. The van der Waals surface area contributed by atoms with E-state index in [1.54, 1.807) is 5.32 Å². The minimum Gasteiger partial charge on any atom is -0.355 e. The second-order valence-corrected chi connectivity index (χ2v) is 3.33. The highest BCUT2D eigenvalue weighted by Crippen LogP contribution is 2.19. The topological polar surface area (TPSA) is 42.0 Å². The molecule has 0 saturated heterocycles. The molecule has 0 fully saturated rings. The summed E-state index contributed by atoms with van der Waals surface area (Å²) in [5, 5.41) is 1.74. The molecule has 1 N–H and O–H groups in total. The number of halogens is 2. The first-order chi connectivity index (χ1) is 7.63. The molecule has 1 aromatic rings. The van der Waals surface area contributed by atoms with Gasteiger partial charge in [-0.1, -0.05) is 0 Å². The number of amides is 1. The minimum absolute atomic E-state index is 0.0196. The van der Waals surface area contributed by atoms with E-state index in [0.29, 0.717) is 0 Å². The van der Waals surface area contributed by atoms with E-state index in [9.17, 15) is 4.79 Å². The molecule has 3 nitrogen and oxygen atoms in total. The van der Waals surface area contributed by atoms with E-state index in [1.807, 2.05) is 0 Å². The third-order valence-corrected chi connectivity index (χ3v) is 2.01. The fourth-order valence-corrected chi connectivity index (χ4v) is 1.56. The van der Waals surface area contributed by atoms with Crippen molar-refractivity contribution >= 4 is 37.8 Å². The molecule has 0 unspecified atom stereocenters. The van der Waals surface area contributed by atoms with Gasteiger partial charge in [-0.2, -0.15) is 0 Å². The SMILES string of the molecule is [2H]c1nc(Br)c([2H])c(Br)c1C(=O)NC([2H])([2H])[2H]. The van der Waals surface area contributed by atoms with Gasteiger partial charge in [-0.25, -0.2) is 4.98 Å². The van der Waals surface area contributed by atoms with Gasteiger partial charge in [-0.15, -0.1) is 0 Å². The Morgan fingerprint density at radius 1 is 1.83 bits per heavy atom. The Balaban J connectivity index is 3.24. The molecule has 1 aromatic heterocycles. The largest absolute Gasteiger partial charge is 0.355 e. The van der Waals surface area contributed by atoms with Crippen LogP contribution in [-0.2, 0) is 0 Å². The molecule has 1 amide bonds. The highest BCUT2D eigenvalue weighted by atomic mass is 79.9. The predicted octanol–water partition coefficient (Wildman–Crippen LogP) is 1.97. The fourth-order valence-electron chi connectivity index (χ4n) is 0.548. The molecule has 0 spiro atoms. The average Bonchev–Trinajstić information content (AvgIpc) is 2.11. The summed E-state index contributed by atoms with van der Waals surface area (Å²) >= 11 is 5.92. The van der Waals surface area contributed by atoms with Crippen LogP contribution in [0.2, 0.25) is 0 Å². The Kier molecular flexibility index (Phi) is 1.57. The van der Waals surface area contributed by atoms with Gasteiger partial charge in [0.1, 0.15) is 4.60 Å². The monoisotopic (exact) mass is 297 g/mol. The first-order valence-electron chi connectivity index (χ1n) is 5.28. The highest BCUT2D eigenvalue weighted by molar-refractivity contribution is 9.11. The molecule has 1 heterocycles. The van der Waals surface area contributed by atoms with Crippen LogP contribution in [0.15, 0.2) is 21.3 Å². The summed E-state index contributed by atoms with van der Waals surface area (Å²) in [6.45, 7) is -2.65. The zero-order chi connectivity index (χ0) is 13.4. The van der Waals surface area contributed by atoms with E-state index in [1.165, 1.54) is 0 Å². The van der Waals surface area contributed by atoms with Gasteiger partial charge in [-0.3, -0.25) is 4.79 Å². The van der Waals surface area contributed by atoms with E-state index in [-0.39, 0.29) is 20.7 Å². The Labute approximate surface area is 93.9 Å². The lowest BCUT2D eigenvalue weighted by Crippen LogP contribution is -2.18. The summed E-state index contributed by atoms with van der Waals surface area (Å²) in [5.41, 5.74) is -0.283. The molecule has 0 aliphatic carbocycles. The Hall–Kier alpha value is -0.420. The number of hydrogen-bond acceptors (Lipinski definition) is 2. The van der Waals surface area contributed by atoms with Crippen LogP contribution >= 0.6 is 31.9 Å². The first-order valence-corrected chi connectivity index (χ1v) is 4.37. The zero-order valence-corrected chi connectivity index (χ0v) is 8.78. The van der Waals surface area contributed by atoms with Crippen molar-refractivity contribution in [1.29, 1.82) is 0 Å². The van der Waals surface area contributed by atoms with E-state index in [4.69, 9.17) is 6.85 Å². The molecule has 64 valence electrons. The Bertz CT molecular complexity index is 476. The summed E-state index contributed by atoms with van der Waals surface area (Å²) < 4.78 is 35.8. The maximum Gasteiger partial charge on any atom is 0.253 e. The summed E-state index contributed by atoms with van der Waals surface area (Å²) in [7, 11) is 0. The van der Waals surface area contributed by atoms with E-state index >= 15 is 0 Å². The van der Waals surface area contributed by atoms with Gasteiger partial charge in [-0.05, 0) is 37.9 Å². The molecule has 5 heteroatoms. The van der Waals surface area contributed by atoms with Crippen molar-refractivity contribution in [3.05, 3.63) is 26.9 Å². The molecular formula is C7H6Br2N2O. The summed E-state index contributed by atoms with van der Waals surface area (Å²) in [4.78, 5) is 15.2. The van der Waals surface area contributed by atoms with Gasteiger partial charge in [0.2, 0.25) is 0 Å². The van der Waals surface area contributed by atoms with Gasteiger partial charge < -0.3 is 5.32 Å². The number of nitrogens with zero attached hydrogens (tertiary/aromatic N) is 1. The number of nitrogens with one attached hydrogen (secondary N) is 1. The lowest BCUT2D eigenvalue weighted by molar-refractivity contribution is 0.0962. The standard InChI is InChI=1S/C7H6Br2N2O/c1-10-7(12)4-3-11-6(9)2-5(4)8/h2-3H,1H3,(H,10,12)/i1D3,2D,3D. The van der Waals surface area contributed by atoms with E-state index < -0.39 is 19.1 Å². The van der Waals surface area contributed by atoms with E-state index in [2.05, 4.69) is 36.8 Å². The maximum atomic E-state index is 11.6. The molecule has 0 radical (unpaired) electrons. The number of pyridine rings is 1. The Morgan fingerprint density at radius 2 is 2.58 bits per heavy atom. The van der Waals surface area contributed by atoms with Gasteiger partial charge in [0.25, 0.3) is 5.91 Å². The van der Waals surface area contributed by atoms with Crippen LogP contribution in [0, 0.1) is 0 Å². The van der Waals surface area contributed by atoms with Crippen LogP contribution in [0.3, 0.4) is 0 Å². The van der Waals surface area contributed by atoms with E-state index in [0.717, 1.165) is 0 Å². The first kappa shape index (κ1) is 4.72. The van der Waals surface area contributed by atoms with Crippen molar-refractivity contribution in [3.63, 3.8) is 0 Å². The molecule has 0 aliphatic rings. The molecular weight excluding hydrogens is 288 g/mol. The number of carbonyl (C=O) groups excluding carboxylic acids is 1. The summed E-state index contributed by atoms with van der Waals surface area (Å²) in [5.74, 6) is -0.977. The third-order valence-electron chi connectivity index (χ3n) is 1.04. The fraction of sp³-hybridized carbons (Fsp3) is 0.143. The van der Waals surface area contributed by atoms with Crippen molar-refractivity contribution in [2.24, 2.45) is 0 Å². The molecule has 0 atom stereocenters. The lowest BCUT2D eigenvalue weighted by atomic mass is 10.3. The van der Waals surface area contributed by atoms with Crippen molar-refractivity contribution in [2.45, 2.75) is 0 Å². The third kappa shape index (κ3) is 2.04. The average molecular weight is 299 g/mol. The van der Waals surface area contributed by atoms with Crippen LogP contribution < -0.4 is 5.32 Å². The molecule has 12 heavy (non-hydrogen) atoms. The minimum atomic E-state index is -2.65. The zero-order valence-electron chi connectivity index (χ0n) is 10.6. The number of aromatic nitrogens is 1. The van der Waals surface area contributed by atoms with Gasteiger partial charge in [0, 0.05) is 21.7 Å². The number of carbonyl (C=O) groups is 1.